The first-order valence-electron chi connectivity index (χ1n) is 6.39. The molecule has 98 valence electrons. The molecule has 0 aliphatic heterocycles. The summed E-state index contributed by atoms with van der Waals surface area (Å²) in [6.45, 7) is 0. The van der Waals surface area contributed by atoms with Crippen molar-refractivity contribution >= 4 is 23.2 Å². The molecule has 1 saturated carbocycles. The maximum absolute atomic E-state index is 6.07. The number of nitrogens with one attached hydrogen (secondary N) is 1. The van der Waals surface area contributed by atoms with Crippen molar-refractivity contribution in [3.8, 4) is 11.1 Å². The molecule has 0 spiro atoms. The molecule has 19 heavy (non-hydrogen) atoms. The lowest BCUT2D eigenvalue weighted by Gasteiger charge is -2.16. The molecule has 0 amide bonds. The Hall–Kier alpha value is -1.02. The van der Waals surface area contributed by atoms with Crippen LogP contribution in [0.2, 0.25) is 10.0 Å². The van der Waals surface area contributed by atoms with Gasteiger partial charge >= 0.3 is 0 Å². The fourth-order valence-electron chi connectivity index (χ4n) is 2.52. The molecule has 2 aromatic carbocycles. The maximum Gasteiger partial charge on any atom is 0.0434 e. The third-order valence-corrected chi connectivity index (χ3v) is 4.28. The van der Waals surface area contributed by atoms with Crippen molar-refractivity contribution in [2.45, 2.75) is 18.4 Å². The van der Waals surface area contributed by atoms with Crippen LogP contribution in [-0.4, -0.2) is 7.05 Å². The van der Waals surface area contributed by atoms with Crippen LogP contribution in [0.4, 0.5) is 0 Å². The zero-order chi connectivity index (χ0) is 13.5. The van der Waals surface area contributed by atoms with Gasteiger partial charge in [-0.25, -0.2) is 0 Å². The molecule has 0 atom stereocenters. The fourth-order valence-corrected chi connectivity index (χ4v) is 3.05. The van der Waals surface area contributed by atoms with Gasteiger partial charge in [0.15, 0.2) is 0 Å². The normalized spacial score (nSPS) is 16.4. The highest BCUT2D eigenvalue weighted by Gasteiger charge is 2.42. The molecule has 0 unspecified atom stereocenters. The molecule has 0 bridgehead atoms. The summed E-state index contributed by atoms with van der Waals surface area (Å²) in [6.07, 6.45) is 2.40. The third kappa shape index (κ3) is 2.51. The lowest BCUT2D eigenvalue weighted by Crippen LogP contribution is -2.24. The molecular weight excluding hydrogens is 277 g/mol. The predicted molar refractivity (Wildman–Crippen MR) is 81.9 cm³/mol. The fraction of sp³-hybridized carbons (Fsp3) is 0.250. The Labute approximate surface area is 123 Å². The van der Waals surface area contributed by atoms with E-state index in [0.29, 0.717) is 10.0 Å². The van der Waals surface area contributed by atoms with E-state index >= 15 is 0 Å². The first-order chi connectivity index (χ1) is 9.13. The molecule has 1 fully saturated rings. The van der Waals surface area contributed by atoms with Crippen LogP contribution >= 0.6 is 23.2 Å². The smallest absolute Gasteiger partial charge is 0.0434 e. The molecular formula is C16H15Cl2N. The Balaban J connectivity index is 2.04. The van der Waals surface area contributed by atoms with Crippen molar-refractivity contribution in [3.63, 3.8) is 0 Å². The Bertz CT molecular complexity index is 598. The Morgan fingerprint density at radius 1 is 0.947 bits per heavy atom. The molecule has 1 aliphatic carbocycles. The molecule has 3 rings (SSSR count). The van der Waals surface area contributed by atoms with Crippen LogP contribution in [0.3, 0.4) is 0 Å². The van der Waals surface area contributed by atoms with Crippen LogP contribution in [-0.2, 0) is 5.54 Å². The van der Waals surface area contributed by atoms with Gasteiger partial charge in [0.25, 0.3) is 0 Å². The number of halogens is 2. The second-order valence-electron chi connectivity index (χ2n) is 5.07. The Morgan fingerprint density at radius 2 is 1.63 bits per heavy atom. The standard InChI is InChI=1S/C16H15Cl2N/c1-19-16(5-6-16)13-4-2-3-11(7-13)12-8-14(17)10-15(18)9-12/h2-4,7-10,19H,5-6H2,1H3. The predicted octanol–water partition coefficient (Wildman–Crippen LogP) is 4.87. The van der Waals surface area contributed by atoms with Crippen LogP contribution in [0, 0.1) is 0 Å². The third-order valence-electron chi connectivity index (χ3n) is 3.84. The molecule has 0 radical (unpaired) electrons. The van der Waals surface area contributed by atoms with Crippen LogP contribution < -0.4 is 5.32 Å². The van der Waals surface area contributed by atoms with Crippen molar-refractivity contribution in [1.82, 2.24) is 5.32 Å². The van der Waals surface area contributed by atoms with Gasteiger partial charge in [-0.15, -0.1) is 0 Å². The summed E-state index contributed by atoms with van der Waals surface area (Å²) in [5.74, 6) is 0. The van der Waals surface area contributed by atoms with Gasteiger partial charge in [-0.3, -0.25) is 0 Å². The lowest BCUT2D eigenvalue weighted by molar-refractivity contribution is 0.586. The number of hydrogen-bond donors (Lipinski definition) is 1. The van der Waals surface area contributed by atoms with E-state index in [1.807, 2.05) is 19.2 Å². The second kappa shape index (κ2) is 4.82. The zero-order valence-corrected chi connectivity index (χ0v) is 12.2. The van der Waals surface area contributed by atoms with Gasteiger partial charge in [0.2, 0.25) is 0 Å². The van der Waals surface area contributed by atoms with E-state index < -0.39 is 0 Å². The van der Waals surface area contributed by atoms with Gasteiger partial charge in [-0.05, 0) is 60.8 Å². The highest BCUT2D eigenvalue weighted by molar-refractivity contribution is 6.35. The molecule has 0 aromatic heterocycles. The van der Waals surface area contributed by atoms with E-state index in [9.17, 15) is 0 Å². The summed E-state index contributed by atoms with van der Waals surface area (Å²) in [4.78, 5) is 0. The summed E-state index contributed by atoms with van der Waals surface area (Å²) in [6, 6.07) is 14.3. The molecule has 0 heterocycles. The van der Waals surface area contributed by atoms with Gasteiger partial charge in [0.05, 0.1) is 0 Å². The maximum atomic E-state index is 6.07. The largest absolute Gasteiger partial charge is 0.310 e. The van der Waals surface area contributed by atoms with Crippen molar-refractivity contribution in [1.29, 1.82) is 0 Å². The van der Waals surface area contributed by atoms with Gasteiger partial charge in [0.1, 0.15) is 0 Å². The van der Waals surface area contributed by atoms with E-state index in [1.54, 1.807) is 6.07 Å². The average Bonchev–Trinajstić information content (AvgIpc) is 3.19. The highest BCUT2D eigenvalue weighted by Crippen LogP contribution is 2.45. The molecule has 2 aromatic rings. The summed E-state index contributed by atoms with van der Waals surface area (Å²) >= 11 is 12.1. The van der Waals surface area contributed by atoms with Gasteiger partial charge in [0, 0.05) is 15.6 Å². The minimum atomic E-state index is 0.179. The number of rotatable bonds is 3. The van der Waals surface area contributed by atoms with E-state index in [1.165, 1.54) is 18.4 Å². The highest BCUT2D eigenvalue weighted by atomic mass is 35.5. The summed E-state index contributed by atoms with van der Waals surface area (Å²) in [5.41, 5.74) is 3.73. The first kappa shape index (κ1) is 13.0. The Morgan fingerprint density at radius 3 is 2.21 bits per heavy atom. The SMILES string of the molecule is CNC1(c2cccc(-c3cc(Cl)cc(Cl)c3)c2)CC1. The van der Waals surface area contributed by atoms with Gasteiger partial charge < -0.3 is 5.32 Å². The van der Waals surface area contributed by atoms with Crippen molar-refractivity contribution in [3.05, 3.63) is 58.1 Å². The summed E-state index contributed by atoms with van der Waals surface area (Å²) in [5, 5.41) is 4.76. The van der Waals surface area contributed by atoms with Gasteiger partial charge in [-0.2, -0.15) is 0 Å². The van der Waals surface area contributed by atoms with Crippen molar-refractivity contribution in [2.24, 2.45) is 0 Å². The second-order valence-corrected chi connectivity index (χ2v) is 5.94. The Kier molecular flexibility index (Phi) is 3.30. The van der Waals surface area contributed by atoms with Crippen LogP contribution in [0.15, 0.2) is 42.5 Å². The van der Waals surface area contributed by atoms with E-state index in [-0.39, 0.29) is 5.54 Å². The topological polar surface area (TPSA) is 12.0 Å². The van der Waals surface area contributed by atoms with Crippen molar-refractivity contribution in [2.75, 3.05) is 7.05 Å². The summed E-state index contributed by atoms with van der Waals surface area (Å²) < 4.78 is 0. The summed E-state index contributed by atoms with van der Waals surface area (Å²) in [7, 11) is 2.02. The molecule has 0 saturated heterocycles. The molecule has 1 N–H and O–H groups in total. The number of hydrogen-bond acceptors (Lipinski definition) is 1. The molecule has 1 aliphatic rings. The van der Waals surface area contributed by atoms with Crippen LogP contribution in [0.5, 0.6) is 0 Å². The molecule has 3 heteroatoms. The van der Waals surface area contributed by atoms with Crippen molar-refractivity contribution < 1.29 is 0 Å². The molecule has 1 nitrogen and oxygen atoms in total. The van der Waals surface area contributed by atoms with E-state index in [4.69, 9.17) is 23.2 Å². The minimum absolute atomic E-state index is 0.179. The average molecular weight is 292 g/mol. The van der Waals surface area contributed by atoms with Crippen LogP contribution in [0.25, 0.3) is 11.1 Å². The quantitative estimate of drug-likeness (QED) is 0.851. The lowest BCUT2D eigenvalue weighted by atomic mass is 9.98. The first-order valence-corrected chi connectivity index (χ1v) is 7.14. The zero-order valence-electron chi connectivity index (χ0n) is 10.7. The van der Waals surface area contributed by atoms with Gasteiger partial charge in [-0.1, -0.05) is 41.4 Å². The minimum Gasteiger partial charge on any atom is -0.310 e. The van der Waals surface area contributed by atoms with E-state index in [0.717, 1.165) is 11.1 Å². The monoisotopic (exact) mass is 291 g/mol. The van der Waals surface area contributed by atoms with E-state index in [2.05, 4.69) is 29.6 Å². The van der Waals surface area contributed by atoms with Crippen LogP contribution in [0.1, 0.15) is 18.4 Å². The number of benzene rings is 2.